The molecule has 4 heteroatoms. The number of hydrogen-bond acceptors (Lipinski definition) is 3. The third kappa shape index (κ3) is 2.59. The average Bonchev–Trinajstić information content (AvgIpc) is 2.74. The molecule has 1 aliphatic rings. The van der Waals surface area contributed by atoms with E-state index in [1.165, 1.54) is 10.9 Å². The summed E-state index contributed by atoms with van der Waals surface area (Å²) in [7, 11) is 0. The summed E-state index contributed by atoms with van der Waals surface area (Å²) in [5.74, 6) is 0.224. The van der Waals surface area contributed by atoms with Gasteiger partial charge in [-0.25, -0.2) is 0 Å². The lowest BCUT2D eigenvalue weighted by Gasteiger charge is -2.16. The molecule has 0 bridgehead atoms. The first-order chi connectivity index (χ1) is 9.24. The van der Waals surface area contributed by atoms with Crippen LogP contribution >= 0.6 is 12.6 Å². The fourth-order valence-corrected chi connectivity index (χ4v) is 2.98. The summed E-state index contributed by atoms with van der Waals surface area (Å²) in [6.45, 7) is 1.55. The predicted octanol–water partition coefficient (Wildman–Crippen LogP) is 2.31. The smallest absolute Gasteiger partial charge is 0.223 e. The van der Waals surface area contributed by atoms with Crippen LogP contribution in [0, 0.1) is 0 Å². The number of thiol groups is 1. The number of hydrogen-bond donors (Lipinski definition) is 1. The van der Waals surface area contributed by atoms with Crippen molar-refractivity contribution in [2.75, 3.05) is 13.1 Å². The second kappa shape index (κ2) is 5.21. The largest absolute Gasteiger partial charge is 0.341 e. The van der Waals surface area contributed by atoms with Gasteiger partial charge in [-0.3, -0.25) is 9.78 Å². The van der Waals surface area contributed by atoms with Gasteiger partial charge in [0.1, 0.15) is 0 Å². The van der Waals surface area contributed by atoms with Gasteiger partial charge >= 0.3 is 0 Å². The fraction of sp³-hybridized carbons (Fsp3) is 0.333. The zero-order chi connectivity index (χ0) is 13.2. The van der Waals surface area contributed by atoms with Gasteiger partial charge in [0, 0.05) is 42.5 Å². The molecule has 0 radical (unpaired) electrons. The Balaban J connectivity index is 1.77. The SMILES string of the molecule is O=C1CC(S)CN1CCc1cccc2cnccc12. The fourth-order valence-electron chi connectivity index (χ4n) is 2.63. The van der Waals surface area contributed by atoms with E-state index in [4.69, 9.17) is 0 Å². The maximum absolute atomic E-state index is 11.7. The zero-order valence-corrected chi connectivity index (χ0v) is 11.5. The minimum absolute atomic E-state index is 0.198. The zero-order valence-electron chi connectivity index (χ0n) is 10.6. The van der Waals surface area contributed by atoms with Crippen LogP contribution in [0.2, 0.25) is 0 Å². The summed E-state index contributed by atoms with van der Waals surface area (Å²) in [5, 5.41) is 2.58. The molecule has 1 atom stereocenters. The second-order valence-electron chi connectivity index (χ2n) is 4.96. The molecule has 1 saturated heterocycles. The first kappa shape index (κ1) is 12.5. The maximum atomic E-state index is 11.7. The standard InChI is InChI=1S/C15H16N2OS/c18-15-8-13(19)10-17(15)7-5-11-2-1-3-12-9-16-6-4-14(11)12/h1-4,6,9,13,19H,5,7-8,10H2. The van der Waals surface area contributed by atoms with Crippen molar-refractivity contribution < 1.29 is 4.79 Å². The molecule has 0 saturated carbocycles. The van der Waals surface area contributed by atoms with Crippen LogP contribution in [-0.4, -0.2) is 34.1 Å². The average molecular weight is 272 g/mol. The monoisotopic (exact) mass is 272 g/mol. The number of amides is 1. The van der Waals surface area contributed by atoms with Crippen molar-refractivity contribution in [3.63, 3.8) is 0 Å². The van der Waals surface area contributed by atoms with Gasteiger partial charge in [0.2, 0.25) is 5.91 Å². The van der Waals surface area contributed by atoms with Crippen LogP contribution < -0.4 is 0 Å². The summed E-state index contributed by atoms with van der Waals surface area (Å²) in [4.78, 5) is 17.8. The van der Waals surface area contributed by atoms with Gasteiger partial charge in [0.15, 0.2) is 0 Å². The molecule has 3 nitrogen and oxygen atoms in total. The van der Waals surface area contributed by atoms with Crippen molar-refractivity contribution in [2.45, 2.75) is 18.1 Å². The highest BCUT2D eigenvalue weighted by Gasteiger charge is 2.26. The molecule has 3 rings (SSSR count). The highest BCUT2D eigenvalue weighted by Crippen LogP contribution is 2.20. The number of carbonyl (C=O) groups is 1. The van der Waals surface area contributed by atoms with Crippen LogP contribution in [0.15, 0.2) is 36.7 Å². The van der Waals surface area contributed by atoms with Crippen LogP contribution in [0.25, 0.3) is 10.8 Å². The van der Waals surface area contributed by atoms with E-state index in [0.717, 1.165) is 24.9 Å². The molecule has 1 fully saturated rings. The highest BCUT2D eigenvalue weighted by atomic mass is 32.1. The van der Waals surface area contributed by atoms with E-state index in [0.29, 0.717) is 6.42 Å². The Kier molecular flexibility index (Phi) is 3.42. The van der Waals surface area contributed by atoms with E-state index < -0.39 is 0 Å². The van der Waals surface area contributed by atoms with Crippen molar-refractivity contribution in [3.05, 3.63) is 42.2 Å². The first-order valence-electron chi connectivity index (χ1n) is 6.51. The topological polar surface area (TPSA) is 33.2 Å². The Morgan fingerprint density at radius 3 is 3.05 bits per heavy atom. The molecule has 1 aromatic heterocycles. The number of fused-ring (bicyclic) bond motifs is 1. The quantitative estimate of drug-likeness (QED) is 0.870. The minimum Gasteiger partial charge on any atom is -0.341 e. The number of rotatable bonds is 3. The number of carbonyl (C=O) groups excluding carboxylic acids is 1. The molecule has 0 aliphatic carbocycles. The van der Waals surface area contributed by atoms with Gasteiger partial charge in [-0.05, 0) is 23.4 Å². The molecule has 2 aromatic rings. The summed E-state index contributed by atoms with van der Waals surface area (Å²) in [5.41, 5.74) is 1.27. The molecule has 0 spiro atoms. The Morgan fingerprint density at radius 1 is 1.37 bits per heavy atom. The van der Waals surface area contributed by atoms with Crippen LogP contribution in [0.1, 0.15) is 12.0 Å². The van der Waals surface area contributed by atoms with Crippen LogP contribution in [0.4, 0.5) is 0 Å². The Hall–Kier alpha value is -1.55. The Morgan fingerprint density at radius 2 is 2.26 bits per heavy atom. The normalized spacial score (nSPS) is 19.3. The summed E-state index contributed by atoms with van der Waals surface area (Å²) < 4.78 is 0. The molecule has 98 valence electrons. The van der Waals surface area contributed by atoms with Gasteiger partial charge in [-0.1, -0.05) is 18.2 Å². The molecule has 2 heterocycles. The van der Waals surface area contributed by atoms with E-state index in [-0.39, 0.29) is 11.2 Å². The van der Waals surface area contributed by atoms with Crippen LogP contribution in [0.3, 0.4) is 0 Å². The van der Waals surface area contributed by atoms with Gasteiger partial charge in [-0.2, -0.15) is 12.6 Å². The predicted molar refractivity (Wildman–Crippen MR) is 79.4 cm³/mol. The third-order valence-electron chi connectivity index (χ3n) is 3.62. The molecule has 19 heavy (non-hydrogen) atoms. The molecular formula is C15H16N2OS. The number of aromatic nitrogens is 1. The number of nitrogens with zero attached hydrogens (tertiary/aromatic N) is 2. The molecule has 1 aromatic carbocycles. The number of pyridine rings is 1. The Labute approximate surface area is 118 Å². The van der Waals surface area contributed by atoms with Crippen molar-refractivity contribution in [1.82, 2.24) is 9.88 Å². The lowest BCUT2D eigenvalue weighted by Crippen LogP contribution is -2.27. The molecular weight excluding hydrogens is 256 g/mol. The van der Waals surface area contributed by atoms with Gasteiger partial charge in [0.05, 0.1) is 0 Å². The summed E-state index contributed by atoms with van der Waals surface area (Å²) >= 11 is 4.38. The lowest BCUT2D eigenvalue weighted by molar-refractivity contribution is -0.127. The molecule has 1 amide bonds. The van der Waals surface area contributed by atoms with Gasteiger partial charge < -0.3 is 4.90 Å². The van der Waals surface area contributed by atoms with Gasteiger partial charge in [-0.15, -0.1) is 0 Å². The minimum atomic E-state index is 0.198. The molecule has 1 unspecified atom stereocenters. The van der Waals surface area contributed by atoms with Gasteiger partial charge in [0.25, 0.3) is 0 Å². The first-order valence-corrected chi connectivity index (χ1v) is 7.03. The highest BCUT2D eigenvalue weighted by molar-refractivity contribution is 7.81. The third-order valence-corrected chi connectivity index (χ3v) is 3.96. The molecule has 0 N–H and O–H groups in total. The number of likely N-dealkylation sites (tertiary alicyclic amines) is 1. The van der Waals surface area contributed by atoms with Crippen molar-refractivity contribution in [2.24, 2.45) is 0 Å². The maximum Gasteiger partial charge on any atom is 0.223 e. The van der Waals surface area contributed by atoms with Crippen molar-refractivity contribution >= 4 is 29.3 Å². The lowest BCUT2D eigenvalue weighted by atomic mass is 10.0. The van der Waals surface area contributed by atoms with Crippen LogP contribution in [-0.2, 0) is 11.2 Å². The van der Waals surface area contributed by atoms with E-state index in [2.05, 4.69) is 29.7 Å². The van der Waals surface area contributed by atoms with E-state index in [1.54, 1.807) is 0 Å². The Bertz CT molecular complexity index is 609. The summed E-state index contributed by atoms with van der Waals surface area (Å²) in [6, 6.07) is 8.28. The van der Waals surface area contributed by atoms with E-state index >= 15 is 0 Å². The van der Waals surface area contributed by atoms with E-state index in [1.807, 2.05) is 29.4 Å². The van der Waals surface area contributed by atoms with Crippen LogP contribution in [0.5, 0.6) is 0 Å². The summed E-state index contributed by atoms with van der Waals surface area (Å²) in [6.07, 6.45) is 5.15. The second-order valence-corrected chi connectivity index (χ2v) is 5.69. The molecule has 1 aliphatic heterocycles. The number of benzene rings is 1. The van der Waals surface area contributed by atoms with E-state index in [9.17, 15) is 4.79 Å². The van der Waals surface area contributed by atoms with Crippen molar-refractivity contribution in [3.8, 4) is 0 Å². The van der Waals surface area contributed by atoms with Crippen molar-refractivity contribution in [1.29, 1.82) is 0 Å².